The third-order valence-corrected chi connectivity index (χ3v) is 4.43. The molecule has 108 valence electrons. The molecule has 1 unspecified atom stereocenters. The zero-order valence-electron chi connectivity index (χ0n) is 11.6. The number of carbonyl (C=O) groups is 1. The molecule has 1 aliphatic carbocycles. The van der Waals surface area contributed by atoms with Crippen molar-refractivity contribution in [2.24, 2.45) is 0 Å². The summed E-state index contributed by atoms with van der Waals surface area (Å²) in [5.74, 6) is -0.0881. The van der Waals surface area contributed by atoms with E-state index in [0.717, 1.165) is 18.5 Å². The van der Waals surface area contributed by atoms with Gasteiger partial charge in [-0.3, -0.25) is 9.69 Å². The van der Waals surface area contributed by atoms with Gasteiger partial charge in [0.2, 0.25) is 5.91 Å². The lowest BCUT2D eigenvalue weighted by molar-refractivity contribution is -0.134. The van der Waals surface area contributed by atoms with E-state index < -0.39 is 5.31 Å². The monoisotopic (exact) mass is 294 g/mol. The lowest BCUT2D eigenvalue weighted by atomic mass is 9.90. The normalized spacial score (nSPS) is 25.4. The molecule has 1 N–H and O–H groups in total. The van der Waals surface area contributed by atoms with E-state index in [4.69, 9.17) is 16.3 Å². The maximum atomic E-state index is 11.7. The van der Waals surface area contributed by atoms with Crippen molar-refractivity contribution in [2.45, 2.75) is 37.9 Å². The minimum atomic E-state index is -1.25. The molecule has 0 saturated carbocycles. The van der Waals surface area contributed by atoms with E-state index in [0.29, 0.717) is 13.2 Å². The molecular weight excluding hydrogens is 276 g/mol. The molecule has 1 amide bonds. The second-order valence-corrected chi connectivity index (χ2v) is 5.87. The van der Waals surface area contributed by atoms with Crippen molar-refractivity contribution in [3.63, 3.8) is 0 Å². The number of carbonyl (C=O) groups excluding carboxylic acids is 1. The number of aryl methyl sites for hydroxylation is 1. The van der Waals surface area contributed by atoms with E-state index in [-0.39, 0.29) is 5.91 Å². The van der Waals surface area contributed by atoms with Crippen molar-refractivity contribution in [3.8, 4) is 0 Å². The van der Waals surface area contributed by atoms with Crippen LogP contribution in [0, 0.1) is 0 Å². The van der Waals surface area contributed by atoms with Gasteiger partial charge in [-0.2, -0.15) is 0 Å². The maximum absolute atomic E-state index is 11.7. The first kappa shape index (κ1) is 13.7. The van der Waals surface area contributed by atoms with Gasteiger partial charge in [0, 0.05) is 12.6 Å². The predicted octanol–water partition coefficient (Wildman–Crippen LogP) is 2.71. The van der Waals surface area contributed by atoms with Crippen LogP contribution in [0.4, 0.5) is 5.69 Å². The second-order valence-electron chi connectivity index (χ2n) is 5.36. The summed E-state index contributed by atoms with van der Waals surface area (Å²) in [5, 5.41) is 1.97. The molecule has 1 atom stereocenters. The first-order valence-electron chi connectivity index (χ1n) is 7.10. The highest BCUT2D eigenvalue weighted by molar-refractivity contribution is 6.24. The SMILES string of the molecule is CC(=O)N1CCOC1(Cl)Nc1cccc2c1CCCC2. The Hall–Kier alpha value is -1.26. The zero-order chi connectivity index (χ0) is 14.2. The highest BCUT2D eigenvalue weighted by atomic mass is 35.5. The fourth-order valence-corrected chi connectivity index (χ4v) is 3.40. The number of fused-ring (bicyclic) bond motifs is 1. The van der Waals surface area contributed by atoms with Crippen molar-refractivity contribution >= 4 is 23.2 Å². The Kier molecular flexibility index (Phi) is 3.61. The average molecular weight is 295 g/mol. The van der Waals surface area contributed by atoms with Gasteiger partial charge in [-0.25, -0.2) is 0 Å². The predicted molar refractivity (Wildman–Crippen MR) is 78.6 cm³/mol. The van der Waals surface area contributed by atoms with Crippen LogP contribution in [-0.4, -0.2) is 29.3 Å². The quantitative estimate of drug-likeness (QED) is 0.673. The molecule has 1 fully saturated rings. The molecule has 0 aromatic heterocycles. The summed E-state index contributed by atoms with van der Waals surface area (Å²) in [4.78, 5) is 13.2. The Balaban J connectivity index is 1.89. The van der Waals surface area contributed by atoms with E-state index in [1.165, 1.54) is 35.8 Å². The van der Waals surface area contributed by atoms with Gasteiger partial charge in [-0.1, -0.05) is 12.1 Å². The van der Waals surface area contributed by atoms with Crippen LogP contribution in [0.25, 0.3) is 0 Å². The third-order valence-electron chi connectivity index (χ3n) is 4.02. The fourth-order valence-electron chi connectivity index (χ4n) is 3.02. The number of nitrogens with zero attached hydrogens (tertiary/aromatic N) is 1. The Morgan fingerprint density at radius 3 is 3.00 bits per heavy atom. The summed E-state index contributed by atoms with van der Waals surface area (Å²) in [6.45, 7) is 2.47. The Morgan fingerprint density at radius 1 is 1.40 bits per heavy atom. The van der Waals surface area contributed by atoms with Gasteiger partial charge < -0.3 is 10.1 Å². The van der Waals surface area contributed by atoms with Gasteiger partial charge in [0.05, 0.1) is 13.2 Å². The molecule has 1 saturated heterocycles. The van der Waals surface area contributed by atoms with Crippen LogP contribution in [0.5, 0.6) is 0 Å². The largest absolute Gasteiger partial charge is 0.326 e. The lowest BCUT2D eigenvalue weighted by Crippen LogP contribution is -2.49. The van der Waals surface area contributed by atoms with Gasteiger partial charge in [-0.05, 0) is 54.5 Å². The topological polar surface area (TPSA) is 41.6 Å². The number of ether oxygens (including phenoxy) is 1. The summed E-state index contributed by atoms with van der Waals surface area (Å²) in [6, 6.07) is 6.20. The summed E-state index contributed by atoms with van der Waals surface area (Å²) < 4.78 is 5.57. The first-order valence-corrected chi connectivity index (χ1v) is 7.48. The summed E-state index contributed by atoms with van der Waals surface area (Å²) in [7, 11) is 0. The van der Waals surface area contributed by atoms with Gasteiger partial charge in [0.1, 0.15) is 0 Å². The molecule has 1 aromatic rings. The molecule has 0 bridgehead atoms. The molecule has 4 nitrogen and oxygen atoms in total. The number of hydrogen-bond acceptors (Lipinski definition) is 3. The first-order chi connectivity index (χ1) is 9.60. The number of alkyl halides is 1. The fraction of sp³-hybridized carbons (Fsp3) is 0.533. The Morgan fingerprint density at radius 2 is 2.20 bits per heavy atom. The Bertz CT molecular complexity index is 535. The highest BCUT2D eigenvalue weighted by Gasteiger charge is 2.43. The Labute approximate surface area is 124 Å². The number of hydrogen-bond donors (Lipinski definition) is 1. The van der Waals surface area contributed by atoms with Crippen LogP contribution in [0.2, 0.25) is 0 Å². The van der Waals surface area contributed by atoms with E-state index >= 15 is 0 Å². The number of benzene rings is 1. The summed E-state index contributed by atoms with van der Waals surface area (Å²) >= 11 is 6.48. The summed E-state index contributed by atoms with van der Waals surface area (Å²) in [5.41, 5.74) is 3.65. The van der Waals surface area contributed by atoms with Crippen LogP contribution in [0.15, 0.2) is 18.2 Å². The molecular formula is C15H19ClN2O2. The lowest BCUT2D eigenvalue weighted by Gasteiger charge is -2.33. The third kappa shape index (κ3) is 2.38. The number of nitrogens with one attached hydrogen (secondary N) is 1. The molecule has 0 radical (unpaired) electrons. The van der Waals surface area contributed by atoms with Crippen LogP contribution in [0.1, 0.15) is 30.9 Å². The molecule has 1 heterocycles. The molecule has 20 heavy (non-hydrogen) atoms. The molecule has 5 heteroatoms. The van der Waals surface area contributed by atoms with Gasteiger partial charge in [-0.15, -0.1) is 0 Å². The van der Waals surface area contributed by atoms with Crippen molar-refractivity contribution in [3.05, 3.63) is 29.3 Å². The van der Waals surface area contributed by atoms with Crippen molar-refractivity contribution in [2.75, 3.05) is 18.5 Å². The van der Waals surface area contributed by atoms with Crippen molar-refractivity contribution in [1.82, 2.24) is 4.90 Å². The van der Waals surface area contributed by atoms with Crippen LogP contribution >= 0.6 is 11.6 Å². The highest BCUT2D eigenvalue weighted by Crippen LogP contribution is 2.34. The second kappa shape index (κ2) is 5.26. The van der Waals surface area contributed by atoms with Gasteiger partial charge >= 0.3 is 5.31 Å². The standard InChI is InChI=1S/C15H19ClN2O2/c1-11(19)18-9-10-20-15(18,16)17-14-8-4-6-12-5-2-3-7-13(12)14/h4,6,8,17H,2-3,5,7,9-10H2,1H3. The molecule has 1 aliphatic heterocycles. The van der Waals surface area contributed by atoms with E-state index in [9.17, 15) is 4.79 Å². The van der Waals surface area contributed by atoms with Gasteiger partial charge in [0.15, 0.2) is 0 Å². The molecule has 1 aromatic carbocycles. The number of anilines is 1. The van der Waals surface area contributed by atoms with E-state index in [1.54, 1.807) is 0 Å². The number of rotatable bonds is 2. The number of halogens is 1. The minimum absolute atomic E-state index is 0.0881. The summed E-state index contributed by atoms with van der Waals surface area (Å²) in [6.07, 6.45) is 4.58. The average Bonchev–Trinajstić information content (AvgIpc) is 2.81. The number of amides is 1. The van der Waals surface area contributed by atoms with Crippen LogP contribution in [0.3, 0.4) is 0 Å². The molecule has 3 rings (SSSR count). The van der Waals surface area contributed by atoms with Crippen molar-refractivity contribution < 1.29 is 9.53 Å². The smallest absolute Gasteiger partial charge is 0.304 e. The van der Waals surface area contributed by atoms with Crippen LogP contribution < -0.4 is 5.32 Å². The van der Waals surface area contributed by atoms with Crippen molar-refractivity contribution in [1.29, 1.82) is 0 Å². The minimum Gasteiger partial charge on any atom is -0.326 e. The van der Waals surface area contributed by atoms with Crippen LogP contribution in [-0.2, 0) is 22.4 Å². The zero-order valence-corrected chi connectivity index (χ0v) is 12.4. The van der Waals surface area contributed by atoms with E-state index in [1.807, 2.05) is 12.1 Å². The molecule has 0 spiro atoms. The van der Waals surface area contributed by atoms with E-state index in [2.05, 4.69) is 11.4 Å². The maximum Gasteiger partial charge on any atom is 0.304 e. The molecule has 2 aliphatic rings. The van der Waals surface area contributed by atoms with Gasteiger partial charge in [0.25, 0.3) is 0 Å².